The van der Waals surface area contributed by atoms with Crippen LogP contribution in [0.4, 0.5) is 0 Å². The van der Waals surface area contributed by atoms with Crippen molar-refractivity contribution in [2.75, 3.05) is 6.54 Å². The standard InChI is InChI=1S/C13H22BrN/c14-12(1-2-15)13-6-9-3-10(7-13)5-11(4-9)8-13/h9-12H,1-8,15H2. The fraction of sp³-hybridized carbons (Fsp3) is 1.00. The third kappa shape index (κ3) is 1.68. The summed E-state index contributed by atoms with van der Waals surface area (Å²) in [6.45, 7) is 0.845. The second-order valence-corrected chi connectivity index (χ2v) is 7.43. The first-order valence-electron chi connectivity index (χ1n) is 6.56. The van der Waals surface area contributed by atoms with Gasteiger partial charge in [0.1, 0.15) is 0 Å². The number of nitrogens with two attached hydrogens (primary N) is 1. The van der Waals surface area contributed by atoms with Gasteiger partial charge in [-0.2, -0.15) is 0 Å². The minimum absolute atomic E-state index is 0.647. The van der Waals surface area contributed by atoms with E-state index >= 15 is 0 Å². The van der Waals surface area contributed by atoms with E-state index in [4.69, 9.17) is 5.73 Å². The highest BCUT2D eigenvalue weighted by molar-refractivity contribution is 9.09. The smallest absolute Gasteiger partial charge is 0.0214 e. The molecule has 0 aliphatic heterocycles. The predicted octanol–water partition coefficient (Wildman–Crippen LogP) is 3.32. The Labute approximate surface area is 101 Å². The zero-order valence-electron chi connectivity index (χ0n) is 9.42. The number of rotatable bonds is 3. The molecule has 1 nitrogen and oxygen atoms in total. The summed E-state index contributed by atoms with van der Waals surface area (Å²) in [7, 11) is 0. The Hall–Kier alpha value is 0.440. The monoisotopic (exact) mass is 271 g/mol. The molecule has 1 unspecified atom stereocenters. The van der Waals surface area contributed by atoms with Crippen molar-refractivity contribution >= 4 is 15.9 Å². The van der Waals surface area contributed by atoms with E-state index in [0.717, 1.165) is 24.3 Å². The molecule has 4 bridgehead atoms. The molecule has 86 valence electrons. The van der Waals surface area contributed by atoms with Crippen LogP contribution in [0.1, 0.15) is 44.9 Å². The van der Waals surface area contributed by atoms with Crippen molar-refractivity contribution in [3.8, 4) is 0 Å². The molecule has 0 heterocycles. The highest BCUT2D eigenvalue weighted by atomic mass is 79.9. The molecule has 4 fully saturated rings. The second kappa shape index (κ2) is 3.73. The lowest BCUT2D eigenvalue weighted by Gasteiger charge is -2.58. The number of halogens is 1. The Morgan fingerprint density at radius 2 is 1.53 bits per heavy atom. The SMILES string of the molecule is NCCC(Br)C12CC3CC(CC(C3)C1)C2. The normalized spacial score (nSPS) is 49.6. The van der Waals surface area contributed by atoms with Gasteiger partial charge in [0.2, 0.25) is 0 Å². The van der Waals surface area contributed by atoms with Crippen molar-refractivity contribution in [1.82, 2.24) is 0 Å². The van der Waals surface area contributed by atoms with Gasteiger partial charge in [0.25, 0.3) is 0 Å². The summed E-state index contributed by atoms with van der Waals surface area (Å²) in [6, 6.07) is 0. The van der Waals surface area contributed by atoms with Crippen molar-refractivity contribution in [1.29, 1.82) is 0 Å². The lowest BCUT2D eigenvalue weighted by Crippen LogP contribution is -2.50. The summed E-state index contributed by atoms with van der Waals surface area (Å²) in [5, 5.41) is 0. The van der Waals surface area contributed by atoms with E-state index in [1.807, 2.05) is 0 Å². The third-order valence-corrected chi connectivity index (χ3v) is 6.60. The van der Waals surface area contributed by atoms with E-state index in [1.54, 1.807) is 19.3 Å². The Morgan fingerprint density at radius 1 is 1.07 bits per heavy atom. The molecule has 0 spiro atoms. The van der Waals surface area contributed by atoms with E-state index in [1.165, 1.54) is 25.7 Å². The fourth-order valence-electron chi connectivity index (χ4n) is 5.01. The number of hydrogen-bond acceptors (Lipinski definition) is 1. The molecule has 1 atom stereocenters. The minimum atomic E-state index is 0.647. The second-order valence-electron chi connectivity index (χ2n) is 6.32. The Bertz CT molecular complexity index is 216. The van der Waals surface area contributed by atoms with Gasteiger partial charge in [-0.05, 0) is 74.7 Å². The highest BCUT2D eigenvalue weighted by Crippen LogP contribution is 2.62. The van der Waals surface area contributed by atoms with Crippen molar-refractivity contribution in [3.05, 3.63) is 0 Å². The average Bonchev–Trinajstić information content (AvgIpc) is 2.15. The van der Waals surface area contributed by atoms with Crippen LogP contribution in [0.2, 0.25) is 0 Å². The topological polar surface area (TPSA) is 26.0 Å². The Balaban J connectivity index is 1.80. The molecular formula is C13H22BrN. The Kier molecular flexibility index (Phi) is 2.63. The van der Waals surface area contributed by atoms with Crippen LogP contribution in [-0.4, -0.2) is 11.4 Å². The van der Waals surface area contributed by atoms with Gasteiger partial charge < -0.3 is 5.73 Å². The molecule has 0 aromatic heterocycles. The largest absolute Gasteiger partial charge is 0.330 e. The minimum Gasteiger partial charge on any atom is -0.330 e. The van der Waals surface area contributed by atoms with Gasteiger partial charge in [-0.15, -0.1) is 0 Å². The third-order valence-electron chi connectivity index (χ3n) is 5.17. The van der Waals surface area contributed by atoms with E-state index in [2.05, 4.69) is 15.9 Å². The first-order chi connectivity index (χ1) is 7.22. The van der Waals surface area contributed by atoms with E-state index in [0.29, 0.717) is 10.2 Å². The van der Waals surface area contributed by atoms with Crippen LogP contribution < -0.4 is 5.73 Å². The van der Waals surface area contributed by atoms with Gasteiger partial charge in [-0.3, -0.25) is 0 Å². The lowest BCUT2D eigenvalue weighted by atomic mass is 9.48. The molecular weight excluding hydrogens is 250 g/mol. The molecule has 4 saturated carbocycles. The van der Waals surface area contributed by atoms with Gasteiger partial charge in [0.15, 0.2) is 0 Å². The van der Waals surface area contributed by atoms with E-state index < -0.39 is 0 Å². The first-order valence-corrected chi connectivity index (χ1v) is 7.47. The van der Waals surface area contributed by atoms with Crippen LogP contribution >= 0.6 is 15.9 Å². The first kappa shape index (κ1) is 10.6. The molecule has 2 N–H and O–H groups in total. The molecule has 0 radical (unpaired) electrons. The van der Waals surface area contributed by atoms with Crippen molar-refractivity contribution in [2.45, 2.75) is 49.8 Å². The summed E-state index contributed by atoms with van der Waals surface area (Å²) in [6.07, 6.45) is 10.3. The van der Waals surface area contributed by atoms with Gasteiger partial charge in [-0.25, -0.2) is 0 Å². The Morgan fingerprint density at radius 3 is 1.93 bits per heavy atom. The quantitative estimate of drug-likeness (QED) is 0.784. The number of hydrogen-bond donors (Lipinski definition) is 1. The lowest BCUT2D eigenvalue weighted by molar-refractivity contribution is -0.0529. The predicted molar refractivity (Wildman–Crippen MR) is 67.0 cm³/mol. The van der Waals surface area contributed by atoms with E-state index in [9.17, 15) is 0 Å². The molecule has 4 rings (SSSR count). The fourth-order valence-corrected chi connectivity index (χ4v) is 5.84. The molecule has 4 aliphatic carbocycles. The van der Waals surface area contributed by atoms with Crippen LogP contribution in [0.5, 0.6) is 0 Å². The summed E-state index contributed by atoms with van der Waals surface area (Å²) in [4.78, 5) is 0.698. The van der Waals surface area contributed by atoms with Gasteiger partial charge in [0, 0.05) is 4.83 Å². The molecule has 0 aromatic rings. The van der Waals surface area contributed by atoms with Crippen LogP contribution in [0, 0.1) is 23.2 Å². The van der Waals surface area contributed by atoms with Crippen LogP contribution in [0.15, 0.2) is 0 Å². The summed E-state index contributed by atoms with van der Waals surface area (Å²) in [5.74, 6) is 3.19. The van der Waals surface area contributed by atoms with E-state index in [-0.39, 0.29) is 0 Å². The molecule has 0 aromatic carbocycles. The van der Waals surface area contributed by atoms with Crippen molar-refractivity contribution < 1.29 is 0 Å². The van der Waals surface area contributed by atoms with Crippen molar-refractivity contribution in [2.24, 2.45) is 28.9 Å². The maximum atomic E-state index is 5.72. The molecule has 0 amide bonds. The zero-order chi connectivity index (χ0) is 10.5. The molecule has 15 heavy (non-hydrogen) atoms. The van der Waals surface area contributed by atoms with Crippen LogP contribution in [-0.2, 0) is 0 Å². The van der Waals surface area contributed by atoms with Gasteiger partial charge >= 0.3 is 0 Å². The van der Waals surface area contributed by atoms with Crippen LogP contribution in [0.3, 0.4) is 0 Å². The number of alkyl halides is 1. The highest BCUT2D eigenvalue weighted by Gasteiger charge is 2.53. The summed E-state index contributed by atoms with van der Waals surface area (Å²) >= 11 is 3.95. The maximum absolute atomic E-state index is 5.72. The zero-order valence-corrected chi connectivity index (χ0v) is 11.0. The summed E-state index contributed by atoms with van der Waals surface area (Å²) < 4.78 is 0. The van der Waals surface area contributed by atoms with Gasteiger partial charge in [0.05, 0.1) is 0 Å². The molecule has 2 heteroatoms. The maximum Gasteiger partial charge on any atom is 0.0214 e. The summed E-state index contributed by atoms with van der Waals surface area (Å²) in [5.41, 5.74) is 6.37. The van der Waals surface area contributed by atoms with Crippen LogP contribution in [0.25, 0.3) is 0 Å². The molecule has 4 aliphatic rings. The average molecular weight is 272 g/mol. The van der Waals surface area contributed by atoms with Gasteiger partial charge in [-0.1, -0.05) is 15.9 Å². The molecule has 0 saturated heterocycles. The van der Waals surface area contributed by atoms with Crippen molar-refractivity contribution in [3.63, 3.8) is 0 Å².